The molecular weight excluding hydrogens is 412 g/mol. The molecule has 1 atom stereocenters. The fraction of sp³-hybridized carbons (Fsp3) is 0.370. The van der Waals surface area contributed by atoms with Crippen LogP contribution in [0.1, 0.15) is 29.2 Å². The number of hydrogen-bond acceptors (Lipinski definition) is 5. The van der Waals surface area contributed by atoms with Gasteiger partial charge in [-0.15, -0.1) is 10.2 Å². The number of nitrogens with zero attached hydrogens (tertiary/aromatic N) is 4. The van der Waals surface area contributed by atoms with Crippen molar-refractivity contribution in [3.8, 4) is 17.0 Å². The van der Waals surface area contributed by atoms with Gasteiger partial charge in [0.25, 0.3) is 5.91 Å². The molecule has 1 fully saturated rings. The van der Waals surface area contributed by atoms with E-state index in [0.29, 0.717) is 13.1 Å². The molecule has 0 N–H and O–H groups in total. The summed E-state index contributed by atoms with van der Waals surface area (Å²) in [5.41, 5.74) is 6.65. The summed E-state index contributed by atoms with van der Waals surface area (Å²) in [7, 11) is 0. The summed E-state index contributed by atoms with van der Waals surface area (Å²) < 4.78 is 6.00. The highest BCUT2D eigenvalue weighted by Crippen LogP contribution is 2.24. The highest BCUT2D eigenvalue weighted by atomic mass is 16.5. The van der Waals surface area contributed by atoms with Gasteiger partial charge in [0.2, 0.25) is 0 Å². The quantitative estimate of drug-likeness (QED) is 0.580. The molecule has 0 bridgehead atoms. The van der Waals surface area contributed by atoms with Crippen LogP contribution < -0.4 is 9.64 Å². The van der Waals surface area contributed by atoms with E-state index in [2.05, 4.69) is 47.1 Å². The summed E-state index contributed by atoms with van der Waals surface area (Å²) >= 11 is 0. The molecule has 2 heterocycles. The van der Waals surface area contributed by atoms with Crippen molar-refractivity contribution in [2.75, 3.05) is 31.1 Å². The van der Waals surface area contributed by atoms with Gasteiger partial charge >= 0.3 is 0 Å². The Bertz CT molecular complexity index is 1140. The Labute approximate surface area is 196 Å². The number of piperazine rings is 1. The van der Waals surface area contributed by atoms with Crippen molar-refractivity contribution in [1.29, 1.82) is 0 Å². The molecule has 3 aromatic rings. The lowest BCUT2D eigenvalue weighted by molar-refractivity contribution is -0.138. The number of aryl methyl sites for hydroxylation is 3. The third-order valence-electron chi connectivity index (χ3n) is 6.43. The summed E-state index contributed by atoms with van der Waals surface area (Å²) in [5.74, 6) is 1.63. The maximum absolute atomic E-state index is 13.0. The first-order chi connectivity index (χ1) is 15.8. The summed E-state index contributed by atoms with van der Waals surface area (Å²) in [6.07, 6.45) is -0.520. The van der Waals surface area contributed by atoms with Crippen LogP contribution in [0.25, 0.3) is 11.3 Å². The Morgan fingerprint density at radius 3 is 2.33 bits per heavy atom. The van der Waals surface area contributed by atoms with Crippen molar-refractivity contribution in [2.24, 2.45) is 0 Å². The van der Waals surface area contributed by atoms with Gasteiger partial charge in [-0.3, -0.25) is 4.79 Å². The Morgan fingerprint density at radius 2 is 1.67 bits per heavy atom. The molecule has 0 aliphatic carbocycles. The molecule has 1 unspecified atom stereocenters. The van der Waals surface area contributed by atoms with Crippen molar-refractivity contribution in [1.82, 2.24) is 15.1 Å². The monoisotopic (exact) mass is 444 g/mol. The Balaban J connectivity index is 1.35. The standard InChI is InChI=1S/C27H32N4O2/c1-18-9-10-23(20(3)17-18)24-11-12-26(29-28-24)30-13-15-31(16-14-30)27(32)22(5)33-25-8-6-7-19(2)21(25)4/h6-12,17,22H,13-16H2,1-5H3. The predicted molar refractivity (Wildman–Crippen MR) is 132 cm³/mol. The molecule has 0 radical (unpaired) electrons. The zero-order valence-electron chi connectivity index (χ0n) is 20.1. The molecule has 1 aliphatic rings. The molecule has 6 nitrogen and oxygen atoms in total. The molecule has 172 valence electrons. The zero-order valence-corrected chi connectivity index (χ0v) is 20.1. The topological polar surface area (TPSA) is 58.6 Å². The van der Waals surface area contributed by atoms with Gasteiger partial charge in [0.1, 0.15) is 5.75 Å². The number of carbonyl (C=O) groups excluding carboxylic acids is 1. The Morgan fingerprint density at radius 1 is 0.909 bits per heavy atom. The van der Waals surface area contributed by atoms with Crippen LogP contribution in [-0.2, 0) is 4.79 Å². The summed E-state index contributed by atoms with van der Waals surface area (Å²) in [6, 6.07) is 16.3. The molecule has 1 aliphatic heterocycles. The average Bonchev–Trinajstić information content (AvgIpc) is 2.82. The second-order valence-corrected chi connectivity index (χ2v) is 8.87. The molecule has 33 heavy (non-hydrogen) atoms. The molecule has 1 amide bonds. The highest BCUT2D eigenvalue weighted by molar-refractivity contribution is 5.81. The van der Waals surface area contributed by atoms with Crippen molar-refractivity contribution >= 4 is 11.7 Å². The van der Waals surface area contributed by atoms with Crippen molar-refractivity contribution in [3.63, 3.8) is 0 Å². The van der Waals surface area contributed by atoms with E-state index in [-0.39, 0.29) is 5.91 Å². The van der Waals surface area contributed by atoms with Crippen LogP contribution in [-0.4, -0.2) is 53.3 Å². The molecule has 0 saturated carbocycles. The maximum atomic E-state index is 13.0. The van der Waals surface area contributed by atoms with Crippen LogP contribution in [0.15, 0.2) is 48.5 Å². The number of benzene rings is 2. The van der Waals surface area contributed by atoms with Crippen LogP contribution in [0.3, 0.4) is 0 Å². The second kappa shape index (κ2) is 9.61. The van der Waals surface area contributed by atoms with E-state index in [1.54, 1.807) is 0 Å². The van der Waals surface area contributed by atoms with Gasteiger partial charge in [0.15, 0.2) is 11.9 Å². The first-order valence-electron chi connectivity index (χ1n) is 11.5. The molecule has 4 rings (SSSR count). The Kier molecular flexibility index (Phi) is 6.63. The minimum atomic E-state index is -0.520. The zero-order chi connectivity index (χ0) is 23.5. The normalized spacial score (nSPS) is 14.8. The van der Waals surface area contributed by atoms with E-state index < -0.39 is 6.10 Å². The van der Waals surface area contributed by atoms with Gasteiger partial charge in [-0.25, -0.2) is 0 Å². The molecule has 1 saturated heterocycles. The van der Waals surface area contributed by atoms with E-state index in [4.69, 9.17) is 4.74 Å². The minimum Gasteiger partial charge on any atom is -0.481 e. The number of ether oxygens (including phenoxy) is 1. The lowest BCUT2D eigenvalue weighted by Crippen LogP contribution is -2.52. The van der Waals surface area contributed by atoms with Gasteiger partial charge in [-0.2, -0.15) is 0 Å². The average molecular weight is 445 g/mol. The maximum Gasteiger partial charge on any atom is 0.263 e. The molecule has 0 spiro atoms. The minimum absolute atomic E-state index is 0.0202. The van der Waals surface area contributed by atoms with E-state index in [1.165, 1.54) is 11.1 Å². The van der Waals surface area contributed by atoms with Crippen molar-refractivity contribution in [2.45, 2.75) is 40.7 Å². The molecule has 1 aromatic heterocycles. The van der Waals surface area contributed by atoms with Crippen LogP contribution in [0.2, 0.25) is 0 Å². The summed E-state index contributed by atoms with van der Waals surface area (Å²) in [6.45, 7) is 12.8. The third-order valence-corrected chi connectivity index (χ3v) is 6.43. The third kappa shape index (κ3) is 5.00. The number of rotatable bonds is 5. The van der Waals surface area contributed by atoms with Crippen molar-refractivity contribution in [3.05, 3.63) is 70.8 Å². The number of aromatic nitrogens is 2. The molecular formula is C27H32N4O2. The first-order valence-corrected chi connectivity index (χ1v) is 11.5. The lowest BCUT2D eigenvalue weighted by atomic mass is 10.0. The van der Waals surface area contributed by atoms with Crippen molar-refractivity contribution < 1.29 is 9.53 Å². The second-order valence-electron chi connectivity index (χ2n) is 8.87. The highest BCUT2D eigenvalue weighted by Gasteiger charge is 2.27. The largest absolute Gasteiger partial charge is 0.481 e. The van der Waals surface area contributed by atoms with Gasteiger partial charge in [-0.05, 0) is 69.5 Å². The SMILES string of the molecule is Cc1ccc(-c2ccc(N3CCN(C(=O)C(C)Oc4cccc(C)c4C)CC3)nn2)c(C)c1. The van der Waals surface area contributed by atoms with Gasteiger partial charge in [0, 0.05) is 31.7 Å². The van der Waals surface area contributed by atoms with Crippen LogP contribution >= 0.6 is 0 Å². The van der Waals surface area contributed by atoms with Gasteiger partial charge in [-0.1, -0.05) is 35.9 Å². The number of hydrogen-bond donors (Lipinski definition) is 0. The van der Waals surface area contributed by atoms with E-state index in [9.17, 15) is 4.79 Å². The fourth-order valence-electron chi connectivity index (χ4n) is 4.24. The lowest BCUT2D eigenvalue weighted by Gasteiger charge is -2.36. The van der Waals surface area contributed by atoms with Crippen LogP contribution in [0.4, 0.5) is 5.82 Å². The predicted octanol–water partition coefficient (Wildman–Crippen LogP) is 4.49. The fourth-order valence-corrected chi connectivity index (χ4v) is 4.24. The smallest absolute Gasteiger partial charge is 0.263 e. The van der Waals surface area contributed by atoms with Crippen LogP contribution in [0, 0.1) is 27.7 Å². The molecule has 6 heteroatoms. The first kappa shape index (κ1) is 22.8. The summed E-state index contributed by atoms with van der Waals surface area (Å²) in [5, 5.41) is 8.94. The number of amides is 1. The van der Waals surface area contributed by atoms with E-state index in [0.717, 1.165) is 47.0 Å². The van der Waals surface area contributed by atoms with Gasteiger partial charge < -0.3 is 14.5 Å². The molecule has 2 aromatic carbocycles. The van der Waals surface area contributed by atoms with Crippen LogP contribution in [0.5, 0.6) is 5.75 Å². The van der Waals surface area contributed by atoms with E-state index >= 15 is 0 Å². The van der Waals surface area contributed by atoms with Gasteiger partial charge in [0.05, 0.1) is 5.69 Å². The Hall–Kier alpha value is -3.41. The summed E-state index contributed by atoms with van der Waals surface area (Å²) in [4.78, 5) is 17.0. The number of carbonyl (C=O) groups is 1. The number of anilines is 1. The van der Waals surface area contributed by atoms with E-state index in [1.807, 2.05) is 56.0 Å².